The Hall–Kier alpha value is -1.75. The highest BCUT2D eigenvalue weighted by atomic mass is 16.5. The van der Waals surface area contributed by atoms with Crippen LogP contribution in [0.4, 0.5) is 0 Å². The standard InChI is InChI=1S/C15H20N2O3/c1-15(2,3)20-9-14-16-10-7-12-13(8-11(10)17-14)19-6-4-5-18-12/h7-8H,4-6,9H2,1-3H3,(H,16,17). The molecule has 1 aromatic carbocycles. The fraction of sp³-hybridized carbons (Fsp3) is 0.533. The smallest absolute Gasteiger partial charge is 0.163 e. The van der Waals surface area contributed by atoms with Gasteiger partial charge in [0.25, 0.3) is 0 Å². The summed E-state index contributed by atoms with van der Waals surface area (Å²) < 4.78 is 17.1. The van der Waals surface area contributed by atoms with E-state index in [0.717, 1.165) is 34.8 Å². The zero-order valence-corrected chi connectivity index (χ0v) is 12.2. The Morgan fingerprint density at radius 2 is 1.90 bits per heavy atom. The molecule has 0 aliphatic carbocycles. The van der Waals surface area contributed by atoms with E-state index >= 15 is 0 Å². The van der Waals surface area contributed by atoms with Gasteiger partial charge in [-0.1, -0.05) is 0 Å². The van der Waals surface area contributed by atoms with Crippen LogP contribution in [0.25, 0.3) is 11.0 Å². The highest BCUT2D eigenvalue weighted by Crippen LogP contribution is 2.33. The molecule has 5 heteroatoms. The Bertz CT molecular complexity index is 570. The number of hydrogen-bond donors (Lipinski definition) is 1. The van der Waals surface area contributed by atoms with Crippen LogP contribution in [0, 0.1) is 0 Å². The molecule has 0 bridgehead atoms. The SMILES string of the molecule is CC(C)(C)OCc1nc2cc3c(cc2[nH]1)OCCCO3. The maximum atomic E-state index is 5.73. The zero-order chi connectivity index (χ0) is 14.2. The fourth-order valence-corrected chi connectivity index (χ4v) is 2.07. The molecule has 20 heavy (non-hydrogen) atoms. The van der Waals surface area contributed by atoms with Gasteiger partial charge >= 0.3 is 0 Å². The van der Waals surface area contributed by atoms with E-state index in [1.54, 1.807) is 0 Å². The Labute approximate surface area is 118 Å². The minimum absolute atomic E-state index is 0.178. The van der Waals surface area contributed by atoms with Crippen molar-refractivity contribution >= 4 is 11.0 Å². The summed E-state index contributed by atoms with van der Waals surface area (Å²) >= 11 is 0. The van der Waals surface area contributed by atoms with Crippen molar-refractivity contribution in [2.24, 2.45) is 0 Å². The summed E-state index contributed by atoms with van der Waals surface area (Å²) in [4.78, 5) is 7.81. The lowest BCUT2D eigenvalue weighted by molar-refractivity contribution is -0.0177. The van der Waals surface area contributed by atoms with Crippen LogP contribution in [0.15, 0.2) is 12.1 Å². The number of aromatic amines is 1. The fourth-order valence-electron chi connectivity index (χ4n) is 2.07. The van der Waals surface area contributed by atoms with Gasteiger partial charge in [-0.2, -0.15) is 0 Å². The number of imidazole rings is 1. The summed E-state index contributed by atoms with van der Waals surface area (Å²) in [5.74, 6) is 2.36. The number of nitrogens with zero attached hydrogens (tertiary/aromatic N) is 1. The van der Waals surface area contributed by atoms with E-state index in [1.165, 1.54) is 0 Å². The lowest BCUT2D eigenvalue weighted by Crippen LogP contribution is -2.19. The number of benzene rings is 1. The molecule has 0 radical (unpaired) electrons. The number of ether oxygens (including phenoxy) is 3. The first-order chi connectivity index (χ1) is 9.51. The molecular formula is C15H20N2O3. The molecule has 3 rings (SSSR count). The van der Waals surface area contributed by atoms with Crippen LogP contribution in [-0.4, -0.2) is 28.8 Å². The average molecular weight is 276 g/mol. The van der Waals surface area contributed by atoms with Crippen LogP contribution in [0.3, 0.4) is 0 Å². The van der Waals surface area contributed by atoms with Crippen LogP contribution in [0.1, 0.15) is 33.0 Å². The second-order valence-corrected chi connectivity index (χ2v) is 5.95. The first-order valence-electron chi connectivity index (χ1n) is 6.93. The molecule has 1 aliphatic rings. The number of fused-ring (bicyclic) bond motifs is 2. The molecule has 2 aromatic rings. The quantitative estimate of drug-likeness (QED) is 0.916. The molecule has 0 fully saturated rings. The van der Waals surface area contributed by atoms with E-state index in [0.29, 0.717) is 19.8 Å². The molecule has 0 saturated heterocycles. The van der Waals surface area contributed by atoms with Crippen molar-refractivity contribution in [1.82, 2.24) is 9.97 Å². The van der Waals surface area contributed by atoms with Gasteiger partial charge in [0.2, 0.25) is 0 Å². The topological polar surface area (TPSA) is 56.4 Å². The van der Waals surface area contributed by atoms with Crippen LogP contribution < -0.4 is 9.47 Å². The van der Waals surface area contributed by atoms with E-state index < -0.39 is 0 Å². The molecule has 1 aromatic heterocycles. The molecule has 0 amide bonds. The van der Waals surface area contributed by atoms with Crippen molar-refractivity contribution in [1.29, 1.82) is 0 Å². The van der Waals surface area contributed by atoms with E-state index in [1.807, 2.05) is 32.9 Å². The van der Waals surface area contributed by atoms with Gasteiger partial charge < -0.3 is 19.2 Å². The number of H-pyrrole nitrogens is 1. The van der Waals surface area contributed by atoms with Gasteiger partial charge in [-0.3, -0.25) is 0 Å². The van der Waals surface area contributed by atoms with Crippen LogP contribution in [0.2, 0.25) is 0 Å². The summed E-state index contributed by atoms with van der Waals surface area (Å²) in [7, 11) is 0. The molecular weight excluding hydrogens is 256 g/mol. The van der Waals surface area contributed by atoms with Crippen molar-refractivity contribution in [3.63, 3.8) is 0 Å². The van der Waals surface area contributed by atoms with Gasteiger partial charge in [0.05, 0.1) is 29.8 Å². The van der Waals surface area contributed by atoms with Gasteiger partial charge in [0, 0.05) is 18.6 Å². The number of aromatic nitrogens is 2. The largest absolute Gasteiger partial charge is 0.489 e. The Kier molecular flexibility index (Phi) is 3.30. The molecule has 0 atom stereocenters. The molecule has 0 unspecified atom stereocenters. The van der Waals surface area contributed by atoms with Crippen molar-refractivity contribution < 1.29 is 14.2 Å². The van der Waals surface area contributed by atoms with Gasteiger partial charge in [-0.15, -0.1) is 0 Å². The van der Waals surface area contributed by atoms with Gasteiger partial charge in [-0.25, -0.2) is 4.98 Å². The van der Waals surface area contributed by atoms with Crippen LogP contribution >= 0.6 is 0 Å². The average Bonchev–Trinajstić information content (AvgIpc) is 2.62. The highest BCUT2D eigenvalue weighted by molar-refractivity contribution is 5.79. The molecule has 0 saturated carbocycles. The van der Waals surface area contributed by atoms with E-state index in [2.05, 4.69) is 9.97 Å². The van der Waals surface area contributed by atoms with Gasteiger partial charge in [0.15, 0.2) is 11.5 Å². The summed E-state index contributed by atoms with van der Waals surface area (Å²) in [5.41, 5.74) is 1.64. The Morgan fingerprint density at radius 3 is 2.60 bits per heavy atom. The van der Waals surface area contributed by atoms with E-state index in [4.69, 9.17) is 14.2 Å². The summed E-state index contributed by atoms with van der Waals surface area (Å²) in [6.07, 6.45) is 0.903. The monoisotopic (exact) mass is 276 g/mol. The third-order valence-corrected chi connectivity index (χ3v) is 3.04. The Balaban J connectivity index is 1.88. The zero-order valence-electron chi connectivity index (χ0n) is 12.2. The number of nitrogens with one attached hydrogen (secondary N) is 1. The lowest BCUT2D eigenvalue weighted by atomic mass is 10.2. The first kappa shape index (κ1) is 13.2. The third kappa shape index (κ3) is 2.88. The number of rotatable bonds is 2. The molecule has 1 aliphatic heterocycles. The lowest BCUT2D eigenvalue weighted by Gasteiger charge is -2.18. The van der Waals surface area contributed by atoms with Crippen molar-refractivity contribution in [3.8, 4) is 11.5 Å². The van der Waals surface area contributed by atoms with Crippen LogP contribution in [0.5, 0.6) is 11.5 Å². The normalized spacial score (nSPS) is 15.3. The van der Waals surface area contributed by atoms with Crippen molar-refractivity contribution in [2.75, 3.05) is 13.2 Å². The van der Waals surface area contributed by atoms with Crippen molar-refractivity contribution in [2.45, 2.75) is 39.4 Å². The molecule has 2 heterocycles. The van der Waals surface area contributed by atoms with E-state index in [9.17, 15) is 0 Å². The maximum absolute atomic E-state index is 5.73. The Morgan fingerprint density at radius 1 is 1.20 bits per heavy atom. The molecule has 5 nitrogen and oxygen atoms in total. The predicted octanol–water partition coefficient (Wildman–Crippen LogP) is 3.04. The van der Waals surface area contributed by atoms with Crippen molar-refractivity contribution in [3.05, 3.63) is 18.0 Å². The number of hydrogen-bond acceptors (Lipinski definition) is 4. The summed E-state index contributed by atoms with van der Waals surface area (Å²) in [6.45, 7) is 7.92. The molecule has 108 valence electrons. The van der Waals surface area contributed by atoms with E-state index in [-0.39, 0.29) is 5.60 Å². The second-order valence-electron chi connectivity index (χ2n) is 5.95. The highest BCUT2D eigenvalue weighted by Gasteiger charge is 2.15. The maximum Gasteiger partial charge on any atom is 0.163 e. The minimum Gasteiger partial charge on any atom is -0.489 e. The van der Waals surface area contributed by atoms with Gasteiger partial charge in [-0.05, 0) is 20.8 Å². The molecule has 1 N–H and O–H groups in total. The van der Waals surface area contributed by atoms with Crippen LogP contribution in [-0.2, 0) is 11.3 Å². The first-order valence-corrected chi connectivity index (χ1v) is 6.93. The minimum atomic E-state index is -0.178. The third-order valence-electron chi connectivity index (χ3n) is 3.04. The summed E-state index contributed by atoms with van der Waals surface area (Å²) in [5, 5.41) is 0. The van der Waals surface area contributed by atoms with Gasteiger partial charge in [0.1, 0.15) is 12.4 Å². The second kappa shape index (κ2) is 4.98. The molecule has 0 spiro atoms. The predicted molar refractivity (Wildman–Crippen MR) is 76.2 cm³/mol. The summed E-state index contributed by atoms with van der Waals surface area (Å²) in [6, 6.07) is 3.87.